The summed E-state index contributed by atoms with van der Waals surface area (Å²) >= 11 is 0. The Morgan fingerprint density at radius 2 is 0.952 bits per heavy atom. The second kappa shape index (κ2) is 9.35. The molecule has 0 atom stereocenters. The highest BCUT2D eigenvalue weighted by molar-refractivity contribution is 6.18. The molecule has 0 saturated carbocycles. The maximum atomic E-state index is 5.19. The second-order valence-corrected chi connectivity index (χ2v) is 11.3. The van der Waals surface area contributed by atoms with Crippen LogP contribution in [0.2, 0.25) is 0 Å². The Balaban J connectivity index is 1.52. The van der Waals surface area contributed by atoms with Gasteiger partial charge in [0.05, 0.1) is 11.4 Å². The number of aromatic nitrogens is 3. The van der Waals surface area contributed by atoms with Crippen molar-refractivity contribution in [3.05, 3.63) is 145 Å². The Morgan fingerprint density at radius 1 is 0.476 bits per heavy atom. The first-order chi connectivity index (χ1) is 20.6. The van der Waals surface area contributed by atoms with Crippen molar-refractivity contribution in [2.24, 2.45) is 0 Å². The lowest BCUT2D eigenvalue weighted by atomic mass is 9.71. The number of fused-ring (bicyclic) bond motifs is 7. The van der Waals surface area contributed by atoms with Crippen molar-refractivity contribution in [2.75, 3.05) is 4.90 Å². The molecule has 0 fully saturated rings. The second-order valence-electron chi connectivity index (χ2n) is 11.3. The first kappa shape index (κ1) is 24.4. The van der Waals surface area contributed by atoms with Gasteiger partial charge >= 0.3 is 0 Å². The summed E-state index contributed by atoms with van der Waals surface area (Å²) in [5, 5.41) is 4.89. The van der Waals surface area contributed by atoms with Crippen LogP contribution in [0.4, 0.5) is 17.3 Å². The summed E-state index contributed by atoms with van der Waals surface area (Å²) < 4.78 is 0. The number of hydrogen-bond acceptors (Lipinski definition) is 4. The van der Waals surface area contributed by atoms with Crippen LogP contribution in [-0.2, 0) is 5.41 Å². The maximum absolute atomic E-state index is 5.19. The third-order valence-corrected chi connectivity index (χ3v) is 8.46. The van der Waals surface area contributed by atoms with Gasteiger partial charge in [-0.3, -0.25) is 4.90 Å². The van der Waals surface area contributed by atoms with Gasteiger partial charge in [-0.2, -0.15) is 9.97 Å². The first-order valence-corrected chi connectivity index (χ1v) is 14.3. The van der Waals surface area contributed by atoms with E-state index in [-0.39, 0.29) is 5.41 Å². The lowest BCUT2D eigenvalue weighted by Crippen LogP contribution is -2.32. The molecule has 0 saturated heterocycles. The van der Waals surface area contributed by atoms with Crippen LogP contribution in [0, 0.1) is 0 Å². The third kappa shape index (κ3) is 3.65. The van der Waals surface area contributed by atoms with Gasteiger partial charge in [0.1, 0.15) is 0 Å². The molecule has 6 aromatic carbocycles. The van der Waals surface area contributed by atoms with Crippen molar-refractivity contribution < 1.29 is 0 Å². The van der Waals surface area contributed by atoms with Crippen LogP contribution >= 0.6 is 0 Å². The molecule has 0 amide bonds. The topological polar surface area (TPSA) is 41.9 Å². The van der Waals surface area contributed by atoms with Gasteiger partial charge in [0.15, 0.2) is 11.6 Å². The van der Waals surface area contributed by atoms with Gasteiger partial charge in [-0.1, -0.05) is 141 Å². The van der Waals surface area contributed by atoms with Crippen molar-refractivity contribution in [2.45, 2.75) is 19.3 Å². The zero-order valence-electron chi connectivity index (χ0n) is 23.5. The van der Waals surface area contributed by atoms with Crippen LogP contribution in [0.25, 0.3) is 44.3 Å². The van der Waals surface area contributed by atoms with Gasteiger partial charge in [-0.05, 0) is 33.4 Å². The molecule has 1 aromatic heterocycles. The monoisotopic (exact) mass is 540 g/mol. The Bertz CT molecular complexity index is 2060. The quantitative estimate of drug-likeness (QED) is 0.209. The van der Waals surface area contributed by atoms with E-state index >= 15 is 0 Å². The molecule has 0 spiro atoms. The van der Waals surface area contributed by atoms with Crippen LogP contribution in [0.1, 0.15) is 25.0 Å². The molecule has 200 valence electrons. The zero-order valence-corrected chi connectivity index (χ0v) is 23.5. The normalized spacial score (nSPS) is 13.6. The molecule has 0 N–H and O–H groups in total. The highest BCUT2D eigenvalue weighted by atomic mass is 15.3. The van der Waals surface area contributed by atoms with Crippen LogP contribution < -0.4 is 4.90 Å². The molecule has 4 heteroatoms. The van der Waals surface area contributed by atoms with E-state index in [1.165, 1.54) is 32.7 Å². The highest BCUT2D eigenvalue weighted by Gasteiger charge is 2.40. The molecule has 2 heterocycles. The van der Waals surface area contributed by atoms with Crippen molar-refractivity contribution in [3.8, 4) is 22.8 Å². The van der Waals surface area contributed by atoms with Crippen LogP contribution in [-0.4, -0.2) is 15.0 Å². The average molecular weight is 541 g/mol. The van der Waals surface area contributed by atoms with E-state index in [1.807, 2.05) is 36.4 Å². The van der Waals surface area contributed by atoms with E-state index in [0.29, 0.717) is 17.6 Å². The number of benzene rings is 6. The van der Waals surface area contributed by atoms with Gasteiger partial charge in [0.2, 0.25) is 5.95 Å². The molecular weight excluding hydrogens is 512 g/mol. The highest BCUT2D eigenvalue weighted by Crippen LogP contribution is 2.56. The predicted octanol–water partition coefficient (Wildman–Crippen LogP) is 9.62. The average Bonchev–Trinajstić information content (AvgIpc) is 3.05. The van der Waals surface area contributed by atoms with E-state index in [1.54, 1.807) is 0 Å². The molecule has 0 unspecified atom stereocenters. The molecule has 0 aliphatic carbocycles. The van der Waals surface area contributed by atoms with Crippen molar-refractivity contribution >= 4 is 38.9 Å². The lowest BCUT2D eigenvalue weighted by molar-refractivity contribution is 0.638. The summed E-state index contributed by atoms with van der Waals surface area (Å²) in [6.45, 7) is 4.67. The number of rotatable bonds is 3. The summed E-state index contributed by atoms with van der Waals surface area (Å²) in [5.41, 5.74) is 6.36. The Kier molecular flexibility index (Phi) is 5.44. The predicted molar refractivity (Wildman–Crippen MR) is 173 cm³/mol. The lowest BCUT2D eigenvalue weighted by Gasteiger charge is -2.42. The summed E-state index contributed by atoms with van der Waals surface area (Å²) in [6, 6.07) is 46.5. The van der Waals surface area contributed by atoms with E-state index in [9.17, 15) is 0 Å². The van der Waals surface area contributed by atoms with Gasteiger partial charge in [-0.15, -0.1) is 0 Å². The summed E-state index contributed by atoms with van der Waals surface area (Å²) in [5.74, 6) is 1.90. The van der Waals surface area contributed by atoms with Crippen LogP contribution in [0.5, 0.6) is 0 Å². The molecule has 1 aliphatic heterocycles. The summed E-state index contributed by atoms with van der Waals surface area (Å²) in [4.78, 5) is 17.6. The molecule has 1 aliphatic rings. The van der Waals surface area contributed by atoms with Gasteiger partial charge in [-0.25, -0.2) is 4.98 Å². The maximum Gasteiger partial charge on any atom is 0.238 e. The molecular formula is C38H28N4. The smallest absolute Gasteiger partial charge is 0.238 e. The Labute approximate surface area is 245 Å². The fraction of sp³-hybridized carbons (Fsp3) is 0.0789. The minimum atomic E-state index is -0.260. The number of nitrogens with zero attached hydrogens (tertiary/aromatic N) is 4. The van der Waals surface area contributed by atoms with Crippen LogP contribution in [0.15, 0.2) is 133 Å². The fourth-order valence-electron chi connectivity index (χ4n) is 6.55. The van der Waals surface area contributed by atoms with Crippen LogP contribution in [0.3, 0.4) is 0 Å². The number of hydrogen-bond donors (Lipinski definition) is 0. The zero-order chi connectivity index (χ0) is 28.3. The Morgan fingerprint density at radius 3 is 1.57 bits per heavy atom. The van der Waals surface area contributed by atoms with E-state index in [0.717, 1.165) is 22.5 Å². The van der Waals surface area contributed by atoms with Gasteiger partial charge in [0, 0.05) is 21.9 Å². The minimum absolute atomic E-state index is 0.260. The molecule has 4 nitrogen and oxygen atoms in total. The van der Waals surface area contributed by atoms with Gasteiger partial charge in [0.25, 0.3) is 0 Å². The van der Waals surface area contributed by atoms with Crippen molar-refractivity contribution in [1.82, 2.24) is 15.0 Å². The number of para-hydroxylation sites is 1. The summed E-state index contributed by atoms with van der Waals surface area (Å²) in [6.07, 6.45) is 0. The number of anilines is 3. The Hall–Kier alpha value is -5.35. The standard InChI is InChI=1S/C38H28N4/c1-38(2)31-23-13-14-24-32(31)42(34-30-22-12-10-20-28(30)27-19-9-11-21-29(27)33(34)38)37-40-35(25-15-5-3-6-16-25)39-36(41-37)26-17-7-4-8-18-26/h3-24H,1-2H3. The van der Waals surface area contributed by atoms with Crippen molar-refractivity contribution in [3.63, 3.8) is 0 Å². The largest absolute Gasteiger partial charge is 0.278 e. The fourth-order valence-corrected chi connectivity index (χ4v) is 6.55. The SMILES string of the molecule is CC1(C)c2ccccc2N(c2nc(-c3ccccc3)nc(-c3ccccc3)n2)c2c1c1ccccc1c1ccccc21. The van der Waals surface area contributed by atoms with Crippen molar-refractivity contribution in [1.29, 1.82) is 0 Å². The molecule has 7 aromatic rings. The van der Waals surface area contributed by atoms with Gasteiger partial charge < -0.3 is 0 Å². The molecule has 42 heavy (non-hydrogen) atoms. The summed E-state index contributed by atoms with van der Waals surface area (Å²) in [7, 11) is 0. The van der Waals surface area contributed by atoms with E-state index in [4.69, 9.17) is 15.0 Å². The molecule has 8 rings (SSSR count). The first-order valence-electron chi connectivity index (χ1n) is 14.3. The molecule has 0 radical (unpaired) electrons. The third-order valence-electron chi connectivity index (χ3n) is 8.46. The van der Waals surface area contributed by atoms with E-state index < -0.39 is 0 Å². The van der Waals surface area contributed by atoms with E-state index in [2.05, 4.69) is 116 Å². The molecule has 0 bridgehead atoms. The minimum Gasteiger partial charge on any atom is -0.278 e.